The molecule has 4 rings (SSSR count). The van der Waals surface area contributed by atoms with Crippen LogP contribution >= 0.6 is 11.6 Å². The van der Waals surface area contributed by atoms with E-state index in [0.717, 1.165) is 22.6 Å². The third-order valence-corrected chi connectivity index (χ3v) is 5.91. The first-order chi connectivity index (χ1) is 17.1. The molecule has 0 radical (unpaired) electrons. The van der Waals surface area contributed by atoms with Gasteiger partial charge >= 0.3 is 12.0 Å². The summed E-state index contributed by atoms with van der Waals surface area (Å²) in [5.74, 6) is 6.19. The Morgan fingerprint density at radius 2 is 1.78 bits per heavy atom. The second kappa shape index (κ2) is 10.4. The van der Waals surface area contributed by atoms with Crippen LogP contribution in [-0.4, -0.2) is 39.5 Å². The minimum Gasteiger partial charge on any atom is -0.491 e. The first-order valence-electron chi connectivity index (χ1n) is 11.4. The van der Waals surface area contributed by atoms with Crippen LogP contribution in [0.5, 0.6) is 5.75 Å². The fourth-order valence-electron chi connectivity index (χ4n) is 3.93. The number of carboxylic acids is 1. The van der Waals surface area contributed by atoms with Crippen LogP contribution in [0, 0.1) is 6.92 Å². The second-order valence-electron chi connectivity index (χ2n) is 8.75. The van der Waals surface area contributed by atoms with E-state index in [2.05, 4.69) is 5.32 Å². The first kappa shape index (κ1) is 25.3. The summed E-state index contributed by atoms with van der Waals surface area (Å²) < 4.78 is 5.83. The van der Waals surface area contributed by atoms with Gasteiger partial charge in [0.25, 0.3) is 0 Å². The molecule has 1 saturated heterocycles. The highest BCUT2D eigenvalue weighted by Gasteiger charge is 2.44. The zero-order chi connectivity index (χ0) is 26.0. The van der Waals surface area contributed by atoms with Crippen LogP contribution in [0.4, 0.5) is 16.2 Å². The Labute approximate surface area is 214 Å². The Balaban J connectivity index is 1.65. The molecule has 0 bridgehead atoms. The third kappa shape index (κ3) is 5.38. The van der Waals surface area contributed by atoms with Crippen molar-refractivity contribution in [3.8, 4) is 5.75 Å². The summed E-state index contributed by atoms with van der Waals surface area (Å²) in [6, 6.07) is 18.5. The van der Waals surface area contributed by atoms with E-state index in [9.17, 15) is 14.7 Å². The average molecular weight is 510 g/mol. The molecule has 1 aliphatic rings. The summed E-state index contributed by atoms with van der Waals surface area (Å²) in [4.78, 5) is 26.4. The van der Waals surface area contributed by atoms with Crippen LogP contribution in [0.2, 0.25) is 5.02 Å². The van der Waals surface area contributed by atoms with Crippen LogP contribution in [0.3, 0.4) is 0 Å². The Morgan fingerprint density at radius 1 is 1.11 bits per heavy atom. The Hall–Kier alpha value is -3.79. The number of amides is 2. The maximum atomic E-state index is 13.6. The van der Waals surface area contributed by atoms with E-state index in [-0.39, 0.29) is 24.2 Å². The van der Waals surface area contributed by atoms with E-state index >= 15 is 0 Å². The lowest BCUT2D eigenvalue weighted by atomic mass is 10.2. The highest BCUT2D eigenvalue weighted by atomic mass is 35.5. The number of rotatable bonds is 8. The molecule has 188 valence electrons. The fourth-order valence-corrected chi connectivity index (χ4v) is 4.05. The van der Waals surface area contributed by atoms with E-state index in [0.29, 0.717) is 10.7 Å². The van der Waals surface area contributed by atoms with Crippen LogP contribution in [-0.2, 0) is 6.54 Å². The molecule has 3 aromatic carbocycles. The number of ether oxygens (including phenoxy) is 1. The van der Waals surface area contributed by atoms with Crippen molar-refractivity contribution in [2.45, 2.75) is 39.7 Å². The largest absolute Gasteiger partial charge is 0.491 e. The Bertz CT molecular complexity index is 1250. The molecule has 36 heavy (non-hydrogen) atoms. The molecule has 1 aliphatic heterocycles. The number of aryl methyl sites for hydroxylation is 1. The molecule has 1 atom stereocenters. The molecule has 9 nitrogen and oxygen atoms in total. The van der Waals surface area contributed by atoms with E-state index in [1.807, 2.05) is 51.1 Å². The zero-order valence-electron chi connectivity index (χ0n) is 20.2. The predicted molar refractivity (Wildman–Crippen MR) is 139 cm³/mol. The van der Waals surface area contributed by atoms with Gasteiger partial charge < -0.3 is 15.2 Å². The van der Waals surface area contributed by atoms with Gasteiger partial charge in [0.05, 0.1) is 23.9 Å². The second-order valence-corrected chi connectivity index (χ2v) is 9.18. The molecule has 0 spiro atoms. The summed E-state index contributed by atoms with van der Waals surface area (Å²) in [5, 5.41) is 15.8. The van der Waals surface area contributed by atoms with Gasteiger partial charge in [-0.3, -0.25) is 4.90 Å². The highest BCUT2D eigenvalue weighted by molar-refractivity contribution is 6.30. The Kier molecular flexibility index (Phi) is 7.35. The summed E-state index contributed by atoms with van der Waals surface area (Å²) in [7, 11) is 0. The van der Waals surface area contributed by atoms with Gasteiger partial charge in [0.2, 0.25) is 0 Å². The number of hydrazine groups is 2. The van der Waals surface area contributed by atoms with Gasteiger partial charge in [-0.1, -0.05) is 23.7 Å². The van der Waals surface area contributed by atoms with Crippen molar-refractivity contribution in [1.29, 1.82) is 0 Å². The molecular weight excluding hydrogens is 482 g/mol. The number of urea groups is 1. The molecule has 1 unspecified atom stereocenters. The van der Waals surface area contributed by atoms with Gasteiger partial charge in [0.15, 0.2) is 6.29 Å². The Morgan fingerprint density at radius 3 is 2.36 bits per heavy atom. The number of carbonyl (C=O) groups excluding carboxylic acids is 1. The van der Waals surface area contributed by atoms with Gasteiger partial charge in [-0.25, -0.2) is 20.4 Å². The van der Waals surface area contributed by atoms with Crippen molar-refractivity contribution in [1.82, 2.24) is 10.0 Å². The normalized spacial score (nSPS) is 16.1. The molecule has 2 amide bonds. The number of benzene rings is 3. The predicted octanol–water partition coefficient (Wildman–Crippen LogP) is 5.06. The lowest BCUT2D eigenvalue weighted by molar-refractivity contribution is 0.0697. The number of halogens is 1. The summed E-state index contributed by atoms with van der Waals surface area (Å²) >= 11 is 6.03. The van der Waals surface area contributed by atoms with Gasteiger partial charge in [0, 0.05) is 10.7 Å². The molecule has 1 heterocycles. The number of hydrogen-bond donors (Lipinski definition) is 3. The number of hydrogen-bond acceptors (Lipinski definition) is 6. The lowest BCUT2D eigenvalue weighted by Gasteiger charge is -2.29. The van der Waals surface area contributed by atoms with Crippen molar-refractivity contribution in [2.75, 3.05) is 10.3 Å². The summed E-state index contributed by atoms with van der Waals surface area (Å²) in [6.07, 6.45) is -0.686. The van der Waals surface area contributed by atoms with E-state index in [4.69, 9.17) is 22.2 Å². The maximum absolute atomic E-state index is 13.6. The van der Waals surface area contributed by atoms with E-state index in [1.54, 1.807) is 29.2 Å². The number of carbonyl (C=O) groups is 2. The number of anilines is 2. The van der Waals surface area contributed by atoms with E-state index < -0.39 is 12.3 Å². The van der Waals surface area contributed by atoms with Crippen LogP contribution in [0.1, 0.15) is 35.3 Å². The number of carboxylic acid groups (broad SMARTS) is 1. The molecule has 1 fully saturated rings. The minimum absolute atomic E-state index is 0.0467. The standard InChI is InChI=1S/C26H28ClN5O4/c1-16(2)36-23-13-10-21(14-17(23)3)29-25-30(15-18-4-8-20(27)9-5-18)26(35)31(32(25)28)22-11-6-19(7-12-22)24(33)34/h4-14,16,25,29H,15,28H2,1-3H3,(H,33,34). The summed E-state index contributed by atoms with van der Waals surface area (Å²) in [5.41, 5.74) is 3.11. The van der Waals surface area contributed by atoms with Crippen molar-refractivity contribution in [3.63, 3.8) is 0 Å². The third-order valence-electron chi connectivity index (χ3n) is 5.66. The van der Waals surface area contributed by atoms with Gasteiger partial charge in [0.1, 0.15) is 5.75 Å². The average Bonchev–Trinajstić information content (AvgIpc) is 3.06. The molecular formula is C26H28ClN5O4. The van der Waals surface area contributed by atoms with Gasteiger partial charge in [-0.05, 0) is 86.5 Å². The van der Waals surface area contributed by atoms with Gasteiger partial charge in [-0.15, -0.1) is 5.12 Å². The fraction of sp³-hybridized carbons (Fsp3) is 0.231. The SMILES string of the molecule is Cc1cc(NC2N(Cc3ccc(Cl)cc3)C(=O)N(c3ccc(C(=O)O)cc3)N2N)ccc1OC(C)C. The lowest BCUT2D eigenvalue weighted by Crippen LogP contribution is -2.52. The van der Waals surface area contributed by atoms with Crippen LogP contribution < -0.4 is 20.9 Å². The molecule has 4 N–H and O–H groups in total. The van der Waals surface area contributed by atoms with Crippen LogP contribution in [0.25, 0.3) is 0 Å². The van der Waals surface area contributed by atoms with E-state index in [1.165, 1.54) is 22.3 Å². The number of nitrogens with one attached hydrogen (secondary N) is 1. The van der Waals surface area contributed by atoms with Crippen molar-refractivity contribution < 1.29 is 19.4 Å². The van der Waals surface area contributed by atoms with Crippen molar-refractivity contribution in [3.05, 3.63) is 88.4 Å². The monoisotopic (exact) mass is 509 g/mol. The highest BCUT2D eigenvalue weighted by Crippen LogP contribution is 2.30. The number of aromatic carboxylic acids is 1. The maximum Gasteiger partial charge on any atom is 0.343 e. The zero-order valence-corrected chi connectivity index (χ0v) is 20.9. The van der Waals surface area contributed by atoms with Gasteiger partial charge in [-0.2, -0.15) is 0 Å². The first-order valence-corrected chi connectivity index (χ1v) is 11.8. The quantitative estimate of drug-likeness (QED) is 0.364. The molecule has 0 aromatic heterocycles. The number of nitrogens with zero attached hydrogens (tertiary/aromatic N) is 3. The molecule has 0 saturated carbocycles. The molecule has 10 heteroatoms. The van der Waals surface area contributed by atoms with Crippen molar-refractivity contribution >= 4 is 35.0 Å². The minimum atomic E-state index is -1.05. The smallest absolute Gasteiger partial charge is 0.343 e. The molecule has 0 aliphatic carbocycles. The van der Waals surface area contributed by atoms with Crippen molar-refractivity contribution in [2.24, 2.45) is 5.84 Å². The topological polar surface area (TPSA) is 111 Å². The summed E-state index contributed by atoms with van der Waals surface area (Å²) in [6.45, 7) is 6.14. The number of nitrogens with two attached hydrogens (primary N) is 1. The molecule has 3 aromatic rings. The van der Waals surface area contributed by atoms with Crippen LogP contribution in [0.15, 0.2) is 66.7 Å².